The van der Waals surface area contributed by atoms with Crippen LogP contribution >= 0.6 is 8.60 Å². The molecule has 3 N–H and O–H groups in total. The Morgan fingerprint density at radius 2 is 2.28 bits per heavy atom. The van der Waals surface area contributed by atoms with Crippen molar-refractivity contribution in [2.45, 2.75) is 31.8 Å². The molecule has 11 heteroatoms. The summed E-state index contributed by atoms with van der Waals surface area (Å²) in [7, 11) is -2.53. The van der Waals surface area contributed by atoms with Gasteiger partial charge >= 0.3 is 14.3 Å². The van der Waals surface area contributed by atoms with Gasteiger partial charge in [-0.25, -0.2) is 4.79 Å². The molecule has 0 aromatic carbocycles. The van der Waals surface area contributed by atoms with Gasteiger partial charge in [0.15, 0.2) is 0 Å². The van der Waals surface area contributed by atoms with Gasteiger partial charge in [-0.1, -0.05) is 6.08 Å². The molecular formula is C14H21N2O8P. The van der Waals surface area contributed by atoms with Crippen LogP contribution in [-0.4, -0.2) is 51.6 Å². The third-order valence-electron chi connectivity index (χ3n) is 3.59. The molecule has 0 amide bonds. The lowest BCUT2D eigenvalue weighted by Crippen LogP contribution is -2.33. The Morgan fingerprint density at radius 1 is 1.52 bits per heavy atom. The van der Waals surface area contributed by atoms with E-state index in [9.17, 15) is 9.59 Å². The summed E-state index contributed by atoms with van der Waals surface area (Å²) >= 11 is 0. The zero-order valence-electron chi connectivity index (χ0n) is 13.7. The maximum absolute atomic E-state index is 12.0. The Bertz CT molecular complexity index is 688. The molecular weight excluding hydrogens is 355 g/mol. The van der Waals surface area contributed by atoms with E-state index in [1.165, 1.54) is 10.8 Å². The van der Waals surface area contributed by atoms with E-state index in [4.69, 9.17) is 28.5 Å². The van der Waals surface area contributed by atoms with Crippen molar-refractivity contribution in [3.8, 4) is 0 Å². The van der Waals surface area contributed by atoms with Crippen LogP contribution in [0.5, 0.6) is 0 Å². The SMILES string of the molecule is C=CCOCO[C@@H]1CC(n2cc(C)c(=O)[nH]c2=O)OC1COP(O)O. The molecule has 0 saturated carbocycles. The molecule has 140 valence electrons. The normalized spacial score (nSPS) is 23.3. The van der Waals surface area contributed by atoms with Gasteiger partial charge < -0.3 is 28.5 Å². The number of ether oxygens (including phenoxy) is 3. The van der Waals surface area contributed by atoms with E-state index in [0.29, 0.717) is 18.6 Å². The second-order valence-corrected chi connectivity index (χ2v) is 6.14. The molecule has 25 heavy (non-hydrogen) atoms. The number of nitrogens with zero attached hydrogens (tertiary/aromatic N) is 1. The standard InChI is InChI=1S/C14H21N2O8P/c1-3-4-21-8-22-10-5-12(24-11(10)7-23-25(19)20)16-6-9(2)13(17)15-14(16)18/h3,6,10-12,19-20H,1,4-5,7-8H2,2H3,(H,15,17,18)/t10-,11?,12?/m1/s1. The first-order valence-electron chi connectivity index (χ1n) is 7.51. The van der Waals surface area contributed by atoms with Gasteiger partial charge in [0.05, 0.1) is 19.3 Å². The number of aromatic nitrogens is 2. The molecule has 1 aromatic rings. The predicted octanol–water partition coefficient (Wildman–Crippen LogP) is -0.0941. The quantitative estimate of drug-likeness (QED) is 0.236. The van der Waals surface area contributed by atoms with Gasteiger partial charge in [-0.15, -0.1) is 6.58 Å². The summed E-state index contributed by atoms with van der Waals surface area (Å²) < 4.78 is 22.6. The number of H-pyrrole nitrogens is 1. The topological polar surface area (TPSA) is 132 Å². The third-order valence-corrected chi connectivity index (χ3v) is 3.97. The molecule has 0 aliphatic carbocycles. The first-order valence-corrected chi connectivity index (χ1v) is 8.67. The fourth-order valence-electron chi connectivity index (χ4n) is 2.40. The van der Waals surface area contributed by atoms with Gasteiger partial charge in [-0.05, 0) is 6.92 Å². The Morgan fingerprint density at radius 3 is 2.96 bits per heavy atom. The molecule has 1 fully saturated rings. The van der Waals surface area contributed by atoms with Crippen molar-refractivity contribution < 1.29 is 28.5 Å². The number of aromatic amines is 1. The van der Waals surface area contributed by atoms with Crippen LogP contribution < -0.4 is 11.2 Å². The molecule has 2 unspecified atom stereocenters. The van der Waals surface area contributed by atoms with Gasteiger partial charge in [-0.3, -0.25) is 14.3 Å². The summed E-state index contributed by atoms with van der Waals surface area (Å²) in [6.07, 6.45) is 1.46. The fourth-order valence-corrected chi connectivity index (χ4v) is 2.68. The minimum absolute atomic E-state index is 0.0180. The van der Waals surface area contributed by atoms with E-state index in [1.54, 1.807) is 13.0 Å². The van der Waals surface area contributed by atoms with Crippen molar-refractivity contribution >= 4 is 8.60 Å². The average Bonchev–Trinajstić information content (AvgIpc) is 2.96. The van der Waals surface area contributed by atoms with Gasteiger partial charge in [0, 0.05) is 18.2 Å². The zero-order chi connectivity index (χ0) is 18.4. The van der Waals surface area contributed by atoms with E-state index in [2.05, 4.69) is 11.6 Å². The zero-order valence-corrected chi connectivity index (χ0v) is 14.6. The summed E-state index contributed by atoms with van der Waals surface area (Å²) in [4.78, 5) is 43.5. The monoisotopic (exact) mass is 376 g/mol. The van der Waals surface area contributed by atoms with Crippen LogP contribution in [0.15, 0.2) is 28.4 Å². The van der Waals surface area contributed by atoms with E-state index in [1.807, 2.05) is 0 Å². The molecule has 10 nitrogen and oxygen atoms in total. The lowest BCUT2D eigenvalue weighted by Gasteiger charge is -2.18. The molecule has 1 aliphatic rings. The van der Waals surface area contributed by atoms with Crippen LogP contribution in [0.25, 0.3) is 0 Å². The lowest BCUT2D eigenvalue weighted by atomic mass is 10.2. The summed E-state index contributed by atoms with van der Waals surface area (Å²) in [5.74, 6) is 0. The lowest BCUT2D eigenvalue weighted by molar-refractivity contribution is -0.112. The molecule has 1 aromatic heterocycles. The van der Waals surface area contributed by atoms with Gasteiger partial charge in [0.25, 0.3) is 5.56 Å². The Balaban J connectivity index is 2.10. The maximum Gasteiger partial charge on any atom is 0.330 e. The second-order valence-electron chi connectivity index (χ2n) is 5.37. The first-order chi connectivity index (χ1) is 11.9. The van der Waals surface area contributed by atoms with Crippen molar-refractivity contribution in [1.29, 1.82) is 0 Å². The van der Waals surface area contributed by atoms with Crippen LogP contribution in [0.1, 0.15) is 18.2 Å². The van der Waals surface area contributed by atoms with Crippen molar-refractivity contribution in [3.05, 3.63) is 45.3 Å². The maximum atomic E-state index is 12.0. The van der Waals surface area contributed by atoms with Crippen LogP contribution in [-0.2, 0) is 18.7 Å². The number of rotatable bonds is 9. The van der Waals surface area contributed by atoms with Crippen LogP contribution in [0.4, 0.5) is 0 Å². The smallest absolute Gasteiger partial charge is 0.330 e. The number of nitrogens with one attached hydrogen (secondary N) is 1. The second kappa shape index (κ2) is 9.35. The summed E-state index contributed by atoms with van der Waals surface area (Å²) in [6.45, 7) is 5.27. The average molecular weight is 376 g/mol. The van der Waals surface area contributed by atoms with Crippen molar-refractivity contribution in [3.63, 3.8) is 0 Å². The summed E-state index contributed by atoms with van der Waals surface area (Å²) in [6, 6.07) is 0. The van der Waals surface area contributed by atoms with E-state index < -0.39 is 38.3 Å². The molecule has 1 saturated heterocycles. The minimum Gasteiger partial charge on any atom is -0.351 e. The number of hydrogen-bond acceptors (Lipinski definition) is 8. The Kier molecular flexibility index (Phi) is 7.45. The number of aryl methyl sites for hydroxylation is 1. The highest BCUT2D eigenvalue weighted by Crippen LogP contribution is 2.33. The first kappa shape index (κ1) is 19.9. The van der Waals surface area contributed by atoms with Crippen LogP contribution in [0.2, 0.25) is 0 Å². The number of hydrogen-bond donors (Lipinski definition) is 3. The van der Waals surface area contributed by atoms with Crippen molar-refractivity contribution in [1.82, 2.24) is 9.55 Å². The van der Waals surface area contributed by atoms with Crippen LogP contribution in [0.3, 0.4) is 0 Å². The summed E-state index contributed by atoms with van der Waals surface area (Å²) in [5, 5.41) is 0. The van der Waals surface area contributed by atoms with Gasteiger partial charge in [0.1, 0.15) is 19.1 Å². The molecule has 1 aliphatic heterocycles. The highest BCUT2D eigenvalue weighted by molar-refractivity contribution is 7.39. The van der Waals surface area contributed by atoms with Gasteiger partial charge in [0.2, 0.25) is 0 Å². The molecule has 0 bridgehead atoms. The molecule has 3 atom stereocenters. The van der Waals surface area contributed by atoms with Crippen molar-refractivity contribution in [2.75, 3.05) is 20.0 Å². The molecule has 0 spiro atoms. The van der Waals surface area contributed by atoms with E-state index >= 15 is 0 Å². The van der Waals surface area contributed by atoms with Gasteiger partial charge in [-0.2, -0.15) is 0 Å². The van der Waals surface area contributed by atoms with E-state index in [-0.39, 0.29) is 13.4 Å². The predicted molar refractivity (Wildman–Crippen MR) is 87.8 cm³/mol. The third kappa shape index (κ3) is 5.55. The van der Waals surface area contributed by atoms with E-state index in [0.717, 1.165) is 0 Å². The Labute approximate surface area is 144 Å². The minimum atomic E-state index is -2.53. The largest absolute Gasteiger partial charge is 0.351 e. The Hall–Kier alpha value is -1.39. The highest BCUT2D eigenvalue weighted by Gasteiger charge is 2.38. The molecule has 2 rings (SSSR count). The van der Waals surface area contributed by atoms with Crippen molar-refractivity contribution in [2.24, 2.45) is 0 Å². The summed E-state index contributed by atoms with van der Waals surface area (Å²) in [5.41, 5.74) is -0.699. The fraction of sp³-hybridized carbons (Fsp3) is 0.571. The molecule has 0 radical (unpaired) electrons. The highest BCUT2D eigenvalue weighted by atomic mass is 31.2. The van der Waals surface area contributed by atoms with Crippen LogP contribution in [0, 0.1) is 6.92 Å². The molecule has 2 heterocycles.